The Labute approximate surface area is 143 Å². The lowest BCUT2D eigenvalue weighted by molar-refractivity contribution is -0.135. The molecule has 0 bridgehead atoms. The number of hydrogen-bond acceptors (Lipinski definition) is 3. The van der Waals surface area contributed by atoms with Crippen molar-refractivity contribution in [2.24, 2.45) is 11.3 Å². The first-order valence-corrected chi connectivity index (χ1v) is 8.52. The number of nitrogens with zero attached hydrogens (tertiary/aromatic N) is 1. The molecular weight excluding hydrogens is 304 g/mol. The minimum atomic E-state index is -0.739. The van der Waals surface area contributed by atoms with Crippen molar-refractivity contribution in [2.45, 2.75) is 52.1 Å². The van der Waals surface area contributed by atoms with Crippen molar-refractivity contribution in [3.8, 4) is 5.75 Å². The third kappa shape index (κ3) is 2.99. The van der Waals surface area contributed by atoms with Crippen LogP contribution in [0.1, 0.15) is 45.6 Å². The van der Waals surface area contributed by atoms with Crippen LogP contribution in [0.15, 0.2) is 24.3 Å². The Morgan fingerprint density at radius 2 is 2.04 bits per heavy atom. The van der Waals surface area contributed by atoms with Crippen molar-refractivity contribution in [2.75, 3.05) is 7.11 Å². The highest BCUT2D eigenvalue weighted by Crippen LogP contribution is 2.46. The smallest absolute Gasteiger partial charge is 0.325 e. The molecule has 1 aliphatic carbocycles. The molecule has 0 unspecified atom stereocenters. The highest BCUT2D eigenvalue weighted by Gasteiger charge is 2.55. The van der Waals surface area contributed by atoms with Gasteiger partial charge in [-0.15, -0.1) is 0 Å². The zero-order valence-corrected chi connectivity index (χ0v) is 14.9. The molecule has 1 aliphatic heterocycles. The molecule has 1 spiro atoms. The Morgan fingerprint density at radius 3 is 2.71 bits per heavy atom. The maximum absolute atomic E-state index is 13.1. The SMILES string of the molecule is COc1cccc(CN2C(=O)N[C@]3(C[C@H](C)CC(C)(C)C3)C2=O)c1. The molecule has 1 aromatic rings. The number of methoxy groups -OCH3 is 1. The highest BCUT2D eigenvalue weighted by molar-refractivity contribution is 6.07. The normalized spacial score (nSPS) is 29.0. The van der Waals surface area contributed by atoms with Crippen LogP contribution in [-0.4, -0.2) is 29.5 Å². The van der Waals surface area contributed by atoms with Crippen LogP contribution in [0.5, 0.6) is 5.75 Å². The van der Waals surface area contributed by atoms with Gasteiger partial charge in [0.1, 0.15) is 11.3 Å². The zero-order valence-electron chi connectivity index (χ0n) is 14.9. The Balaban J connectivity index is 1.84. The third-order valence-corrected chi connectivity index (χ3v) is 5.10. The molecule has 5 heteroatoms. The molecule has 2 fully saturated rings. The summed E-state index contributed by atoms with van der Waals surface area (Å²) in [5, 5.41) is 3.01. The fourth-order valence-corrected chi connectivity index (χ4v) is 4.60. The minimum absolute atomic E-state index is 0.0482. The molecule has 1 aromatic carbocycles. The molecule has 0 aromatic heterocycles. The maximum Gasteiger partial charge on any atom is 0.325 e. The molecule has 5 nitrogen and oxygen atoms in total. The molecule has 3 rings (SSSR count). The van der Waals surface area contributed by atoms with Crippen LogP contribution in [0.4, 0.5) is 4.79 Å². The topological polar surface area (TPSA) is 58.6 Å². The summed E-state index contributed by atoms with van der Waals surface area (Å²) in [5.74, 6) is 1.05. The number of benzene rings is 1. The minimum Gasteiger partial charge on any atom is -0.497 e. The molecule has 1 saturated carbocycles. The van der Waals surface area contributed by atoms with Crippen LogP contribution in [0.25, 0.3) is 0 Å². The number of amides is 3. The van der Waals surface area contributed by atoms with Gasteiger partial charge >= 0.3 is 6.03 Å². The summed E-state index contributed by atoms with van der Waals surface area (Å²) < 4.78 is 5.22. The predicted molar refractivity (Wildman–Crippen MR) is 91.6 cm³/mol. The molecule has 3 amide bonds. The first kappa shape index (κ1) is 16.8. The van der Waals surface area contributed by atoms with E-state index in [1.165, 1.54) is 4.90 Å². The van der Waals surface area contributed by atoms with E-state index in [1.54, 1.807) is 7.11 Å². The lowest BCUT2D eigenvalue weighted by Gasteiger charge is -2.43. The first-order valence-electron chi connectivity index (χ1n) is 8.52. The zero-order chi connectivity index (χ0) is 17.5. The number of carbonyl (C=O) groups is 2. The number of nitrogens with one attached hydrogen (secondary N) is 1. The number of hydrogen-bond donors (Lipinski definition) is 1. The van der Waals surface area contributed by atoms with E-state index in [9.17, 15) is 9.59 Å². The molecule has 1 N–H and O–H groups in total. The molecule has 2 aliphatic rings. The number of carbonyl (C=O) groups excluding carboxylic acids is 2. The van der Waals surface area contributed by atoms with E-state index < -0.39 is 5.54 Å². The summed E-state index contributed by atoms with van der Waals surface area (Å²) in [7, 11) is 1.60. The Bertz CT molecular complexity index is 670. The highest BCUT2D eigenvalue weighted by atomic mass is 16.5. The van der Waals surface area contributed by atoms with Crippen LogP contribution in [-0.2, 0) is 11.3 Å². The van der Waals surface area contributed by atoms with Gasteiger partial charge in [0, 0.05) is 0 Å². The van der Waals surface area contributed by atoms with Crippen molar-refractivity contribution < 1.29 is 14.3 Å². The Kier molecular flexibility index (Phi) is 4.06. The second-order valence-corrected chi connectivity index (χ2v) is 8.11. The Hall–Kier alpha value is -2.04. The average molecular weight is 330 g/mol. The Morgan fingerprint density at radius 1 is 1.29 bits per heavy atom. The molecule has 24 heavy (non-hydrogen) atoms. The summed E-state index contributed by atoms with van der Waals surface area (Å²) in [6.07, 6.45) is 2.49. The van der Waals surface area contributed by atoms with Gasteiger partial charge in [0.2, 0.25) is 0 Å². The van der Waals surface area contributed by atoms with Gasteiger partial charge in [-0.05, 0) is 48.3 Å². The van der Waals surface area contributed by atoms with Gasteiger partial charge in [0.15, 0.2) is 0 Å². The number of rotatable bonds is 3. The number of urea groups is 1. The van der Waals surface area contributed by atoms with Crippen molar-refractivity contribution in [1.82, 2.24) is 10.2 Å². The lowest BCUT2D eigenvalue weighted by Crippen LogP contribution is -2.54. The summed E-state index contributed by atoms with van der Waals surface area (Å²) in [6, 6.07) is 7.20. The fraction of sp³-hybridized carbons (Fsp3) is 0.579. The summed E-state index contributed by atoms with van der Waals surface area (Å²) in [4.78, 5) is 26.9. The van der Waals surface area contributed by atoms with E-state index in [1.807, 2.05) is 24.3 Å². The average Bonchev–Trinajstić information content (AvgIpc) is 2.69. The number of imide groups is 1. The van der Waals surface area contributed by atoms with Gasteiger partial charge in [0.25, 0.3) is 5.91 Å². The van der Waals surface area contributed by atoms with Crippen molar-refractivity contribution in [1.29, 1.82) is 0 Å². The van der Waals surface area contributed by atoms with Gasteiger partial charge in [-0.25, -0.2) is 4.79 Å². The molecule has 2 atom stereocenters. The van der Waals surface area contributed by atoms with Gasteiger partial charge in [0.05, 0.1) is 13.7 Å². The fourth-order valence-electron chi connectivity index (χ4n) is 4.60. The lowest BCUT2D eigenvalue weighted by atomic mass is 9.64. The molecule has 1 heterocycles. The van der Waals surface area contributed by atoms with E-state index in [4.69, 9.17) is 4.74 Å². The molecule has 130 valence electrons. The van der Waals surface area contributed by atoms with Gasteiger partial charge in [-0.2, -0.15) is 0 Å². The van der Waals surface area contributed by atoms with E-state index in [-0.39, 0.29) is 23.9 Å². The van der Waals surface area contributed by atoms with Crippen LogP contribution in [0.2, 0.25) is 0 Å². The number of ether oxygens (including phenoxy) is 1. The standard InChI is InChI=1S/C19H26N2O3/c1-13-9-18(2,3)12-19(10-13)16(22)21(17(23)20-19)11-14-6-5-7-15(8-14)24-4/h5-8,13H,9-12H2,1-4H3,(H,20,23)/t13-,19+/m1/s1. The predicted octanol–water partition coefficient (Wildman–Crippen LogP) is 3.33. The van der Waals surface area contributed by atoms with Crippen LogP contribution < -0.4 is 10.1 Å². The largest absolute Gasteiger partial charge is 0.497 e. The summed E-state index contributed by atoms with van der Waals surface area (Å²) >= 11 is 0. The second kappa shape index (κ2) is 5.80. The van der Waals surface area contributed by atoms with Crippen molar-refractivity contribution in [3.05, 3.63) is 29.8 Å². The van der Waals surface area contributed by atoms with Crippen LogP contribution >= 0.6 is 0 Å². The second-order valence-electron chi connectivity index (χ2n) is 8.11. The van der Waals surface area contributed by atoms with Gasteiger partial charge in [-0.1, -0.05) is 32.9 Å². The van der Waals surface area contributed by atoms with Gasteiger partial charge < -0.3 is 10.1 Å². The van der Waals surface area contributed by atoms with Crippen LogP contribution in [0, 0.1) is 11.3 Å². The molecule has 1 saturated heterocycles. The van der Waals surface area contributed by atoms with Gasteiger partial charge in [-0.3, -0.25) is 9.69 Å². The first-order chi connectivity index (χ1) is 11.2. The van der Waals surface area contributed by atoms with Crippen LogP contribution in [0.3, 0.4) is 0 Å². The van der Waals surface area contributed by atoms with E-state index >= 15 is 0 Å². The van der Waals surface area contributed by atoms with Crippen molar-refractivity contribution in [3.63, 3.8) is 0 Å². The van der Waals surface area contributed by atoms with E-state index in [0.717, 1.165) is 24.2 Å². The van der Waals surface area contributed by atoms with E-state index in [2.05, 4.69) is 26.1 Å². The maximum atomic E-state index is 13.1. The monoisotopic (exact) mass is 330 g/mol. The summed E-state index contributed by atoms with van der Waals surface area (Å²) in [5.41, 5.74) is 0.196. The van der Waals surface area contributed by atoms with E-state index in [0.29, 0.717) is 12.3 Å². The van der Waals surface area contributed by atoms with Crippen molar-refractivity contribution >= 4 is 11.9 Å². The third-order valence-electron chi connectivity index (χ3n) is 5.10. The molecule has 0 radical (unpaired) electrons. The quantitative estimate of drug-likeness (QED) is 0.865. The molecular formula is C19H26N2O3. The summed E-state index contributed by atoms with van der Waals surface area (Å²) in [6.45, 7) is 6.79.